The molecule has 1 aromatic carbocycles. The third-order valence-electron chi connectivity index (χ3n) is 8.11. The van der Waals surface area contributed by atoms with E-state index in [4.69, 9.17) is 9.47 Å². The first kappa shape index (κ1) is 28.9. The van der Waals surface area contributed by atoms with E-state index in [2.05, 4.69) is 29.7 Å². The SMILES string of the molecule is COc1ccc(C(=O)/N=c2\[nH]c3cnc(OCCN4CCCCC4)cc3n2[C@H]2CC[C@@H](C(=O)NC(C)C)CC2)cc1. The summed E-state index contributed by atoms with van der Waals surface area (Å²) in [6.07, 6.45) is 8.72. The highest BCUT2D eigenvalue weighted by Gasteiger charge is 2.29. The third-order valence-corrected chi connectivity index (χ3v) is 8.11. The molecule has 1 aliphatic carbocycles. The highest BCUT2D eigenvalue weighted by Crippen LogP contribution is 2.34. The average Bonchev–Trinajstić information content (AvgIpc) is 3.34. The fourth-order valence-corrected chi connectivity index (χ4v) is 5.90. The van der Waals surface area contributed by atoms with Gasteiger partial charge in [-0.3, -0.25) is 14.5 Å². The van der Waals surface area contributed by atoms with Gasteiger partial charge in [0.1, 0.15) is 12.4 Å². The Balaban J connectivity index is 1.41. The zero-order valence-corrected chi connectivity index (χ0v) is 24.4. The van der Waals surface area contributed by atoms with Crippen LogP contribution in [0.5, 0.6) is 11.6 Å². The predicted molar refractivity (Wildman–Crippen MR) is 157 cm³/mol. The van der Waals surface area contributed by atoms with Crippen molar-refractivity contribution >= 4 is 22.8 Å². The molecule has 0 radical (unpaired) electrons. The number of ether oxygens (including phenoxy) is 2. The van der Waals surface area contributed by atoms with Crippen molar-refractivity contribution in [1.29, 1.82) is 0 Å². The van der Waals surface area contributed by atoms with Gasteiger partial charge in [-0.25, -0.2) is 4.98 Å². The van der Waals surface area contributed by atoms with Crippen LogP contribution in [0.15, 0.2) is 41.5 Å². The quantitative estimate of drug-likeness (QED) is 0.403. The molecule has 0 spiro atoms. The van der Waals surface area contributed by atoms with Crippen LogP contribution < -0.4 is 20.4 Å². The summed E-state index contributed by atoms with van der Waals surface area (Å²) in [4.78, 5) is 40.7. The Morgan fingerprint density at radius 3 is 2.51 bits per heavy atom. The molecule has 2 fully saturated rings. The van der Waals surface area contributed by atoms with Crippen LogP contribution in [0.3, 0.4) is 0 Å². The maximum absolute atomic E-state index is 13.2. The smallest absolute Gasteiger partial charge is 0.280 e. The van der Waals surface area contributed by atoms with E-state index in [0.29, 0.717) is 29.4 Å². The molecule has 1 saturated heterocycles. The van der Waals surface area contributed by atoms with Crippen LogP contribution in [0, 0.1) is 5.92 Å². The molecule has 2 N–H and O–H groups in total. The number of imidazole rings is 1. The lowest BCUT2D eigenvalue weighted by atomic mass is 9.85. The standard InChI is InChI=1S/C31H42N6O4/c1-21(2)33-29(38)22-7-11-24(12-8-22)37-27-19-28(41-18-17-36-15-5-4-6-16-36)32-20-26(27)34-31(37)35-30(39)23-9-13-25(40-3)14-10-23/h9-10,13-14,19-22,24H,4-8,11-12,15-18H2,1-3H3,(H,33,38)(H,34,35,39)/t22-,24+. The molecule has 10 heteroatoms. The molecule has 0 unspecified atom stereocenters. The van der Waals surface area contributed by atoms with Gasteiger partial charge in [0.05, 0.1) is 24.3 Å². The van der Waals surface area contributed by atoms with Crippen molar-refractivity contribution in [2.24, 2.45) is 10.9 Å². The maximum Gasteiger partial charge on any atom is 0.280 e. The van der Waals surface area contributed by atoms with E-state index in [9.17, 15) is 9.59 Å². The van der Waals surface area contributed by atoms with E-state index in [-0.39, 0.29) is 29.8 Å². The Bertz CT molecular complexity index is 1400. The van der Waals surface area contributed by atoms with Gasteiger partial charge in [0.25, 0.3) is 5.91 Å². The molecule has 220 valence electrons. The first-order valence-electron chi connectivity index (χ1n) is 14.9. The van der Waals surface area contributed by atoms with Gasteiger partial charge in [-0.1, -0.05) is 6.42 Å². The van der Waals surface area contributed by atoms with Crippen molar-refractivity contribution in [3.05, 3.63) is 47.7 Å². The monoisotopic (exact) mass is 562 g/mol. The largest absolute Gasteiger partial charge is 0.497 e. The summed E-state index contributed by atoms with van der Waals surface area (Å²) in [5.74, 6) is 1.01. The molecule has 0 atom stereocenters. The number of H-pyrrole nitrogens is 1. The number of carbonyl (C=O) groups excluding carboxylic acids is 2. The molecule has 3 aromatic rings. The lowest BCUT2D eigenvalue weighted by Crippen LogP contribution is -2.38. The number of aromatic amines is 1. The van der Waals surface area contributed by atoms with Gasteiger partial charge in [0.2, 0.25) is 17.4 Å². The molecule has 2 amide bonds. The second kappa shape index (κ2) is 13.3. The molecule has 3 heterocycles. The Morgan fingerprint density at radius 2 is 1.83 bits per heavy atom. The summed E-state index contributed by atoms with van der Waals surface area (Å²) in [5.41, 5.74) is 2.63. The zero-order chi connectivity index (χ0) is 28.8. The van der Waals surface area contributed by atoms with Crippen molar-refractivity contribution in [3.63, 3.8) is 0 Å². The number of likely N-dealkylation sites (tertiary alicyclic amines) is 1. The van der Waals surface area contributed by atoms with Crippen LogP contribution in [-0.2, 0) is 4.79 Å². The van der Waals surface area contributed by atoms with Crippen molar-refractivity contribution in [1.82, 2.24) is 24.8 Å². The number of hydrogen-bond acceptors (Lipinski definition) is 6. The summed E-state index contributed by atoms with van der Waals surface area (Å²) in [6, 6.07) is 9.08. The zero-order valence-electron chi connectivity index (χ0n) is 24.4. The van der Waals surface area contributed by atoms with Crippen molar-refractivity contribution in [2.75, 3.05) is 33.4 Å². The maximum atomic E-state index is 13.2. The number of piperidine rings is 1. The second-order valence-corrected chi connectivity index (χ2v) is 11.4. The summed E-state index contributed by atoms with van der Waals surface area (Å²) in [6.45, 7) is 7.67. The first-order chi connectivity index (χ1) is 19.9. The molecular weight excluding hydrogens is 520 g/mol. The van der Waals surface area contributed by atoms with E-state index in [1.54, 1.807) is 37.6 Å². The molecule has 2 aromatic heterocycles. The molecule has 5 rings (SSSR count). The molecular formula is C31H42N6O4. The number of pyridine rings is 1. The number of aromatic nitrogens is 3. The van der Waals surface area contributed by atoms with Crippen LogP contribution in [0.4, 0.5) is 0 Å². The van der Waals surface area contributed by atoms with E-state index < -0.39 is 0 Å². The van der Waals surface area contributed by atoms with Crippen LogP contribution in [0.2, 0.25) is 0 Å². The van der Waals surface area contributed by atoms with Crippen LogP contribution in [0.1, 0.15) is 75.2 Å². The number of fused-ring (bicyclic) bond motifs is 1. The van der Waals surface area contributed by atoms with Gasteiger partial charge < -0.3 is 24.3 Å². The van der Waals surface area contributed by atoms with E-state index in [1.165, 1.54) is 19.3 Å². The van der Waals surface area contributed by atoms with Crippen LogP contribution in [-0.4, -0.2) is 70.6 Å². The summed E-state index contributed by atoms with van der Waals surface area (Å²) >= 11 is 0. The third kappa shape index (κ3) is 7.16. The minimum atomic E-state index is -0.344. The van der Waals surface area contributed by atoms with Gasteiger partial charge in [-0.2, -0.15) is 4.99 Å². The van der Waals surface area contributed by atoms with Crippen molar-refractivity contribution in [3.8, 4) is 11.6 Å². The highest BCUT2D eigenvalue weighted by atomic mass is 16.5. The lowest BCUT2D eigenvalue weighted by Gasteiger charge is -2.29. The molecule has 2 aliphatic rings. The fraction of sp³-hybridized carbons (Fsp3) is 0.548. The minimum absolute atomic E-state index is 0.00359. The predicted octanol–water partition coefficient (Wildman–Crippen LogP) is 4.23. The number of methoxy groups -OCH3 is 1. The number of benzene rings is 1. The molecule has 10 nitrogen and oxygen atoms in total. The summed E-state index contributed by atoms with van der Waals surface area (Å²) < 4.78 is 13.4. The molecule has 1 aliphatic heterocycles. The van der Waals surface area contributed by atoms with E-state index in [1.807, 2.05) is 19.9 Å². The first-order valence-corrected chi connectivity index (χ1v) is 14.9. The Kier molecular flexibility index (Phi) is 9.38. The summed E-state index contributed by atoms with van der Waals surface area (Å²) in [5, 5.41) is 3.05. The molecule has 1 saturated carbocycles. The van der Waals surface area contributed by atoms with Crippen LogP contribution in [0.25, 0.3) is 11.0 Å². The number of nitrogens with zero attached hydrogens (tertiary/aromatic N) is 4. The minimum Gasteiger partial charge on any atom is -0.497 e. The van der Waals surface area contributed by atoms with Gasteiger partial charge in [0, 0.05) is 36.2 Å². The number of hydrogen-bond donors (Lipinski definition) is 2. The van der Waals surface area contributed by atoms with Gasteiger partial charge in [-0.15, -0.1) is 0 Å². The van der Waals surface area contributed by atoms with Crippen molar-refractivity contribution < 1.29 is 19.1 Å². The number of amides is 2. The Labute approximate surface area is 241 Å². The van der Waals surface area contributed by atoms with E-state index in [0.717, 1.165) is 56.4 Å². The summed E-state index contributed by atoms with van der Waals surface area (Å²) in [7, 11) is 1.59. The van der Waals surface area contributed by atoms with Crippen molar-refractivity contribution in [2.45, 2.75) is 70.9 Å². The van der Waals surface area contributed by atoms with Crippen LogP contribution >= 0.6 is 0 Å². The Hall–Kier alpha value is -3.66. The number of nitrogens with one attached hydrogen (secondary N) is 2. The fourth-order valence-electron chi connectivity index (χ4n) is 5.90. The van der Waals surface area contributed by atoms with Gasteiger partial charge in [0.15, 0.2) is 0 Å². The van der Waals surface area contributed by atoms with Gasteiger partial charge in [-0.05, 0) is 89.7 Å². The normalized spacial score (nSPS) is 20.3. The number of rotatable bonds is 9. The lowest BCUT2D eigenvalue weighted by molar-refractivity contribution is -0.126. The second-order valence-electron chi connectivity index (χ2n) is 11.4. The van der Waals surface area contributed by atoms with E-state index >= 15 is 0 Å². The molecule has 41 heavy (non-hydrogen) atoms. The van der Waals surface area contributed by atoms with Gasteiger partial charge >= 0.3 is 0 Å². The highest BCUT2D eigenvalue weighted by molar-refractivity contribution is 5.95. The number of carbonyl (C=O) groups is 2. The topological polar surface area (TPSA) is 114 Å². The average molecular weight is 563 g/mol. The molecule has 0 bridgehead atoms. The Morgan fingerprint density at radius 1 is 1.10 bits per heavy atom.